The number of nitrogens with zero attached hydrogens (tertiary/aromatic N) is 1. The Morgan fingerprint density at radius 1 is 1.21 bits per heavy atom. The first-order chi connectivity index (χ1) is 13.4. The zero-order valence-corrected chi connectivity index (χ0v) is 16.3. The van der Waals surface area contributed by atoms with Gasteiger partial charge in [-0.2, -0.15) is 5.26 Å². The van der Waals surface area contributed by atoms with E-state index in [4.69, 9.17) is 0 Å². The van der Waals surface area contributed by atoms with Crippen molar-refractivity contribution in [2.24, 2.45) is 0 Å². The van der Waals surface area contributed by atoms with Crippen LogP contribution in [0, 0.1) is 11.3 Å². The van der Waals surface area contributed by atoms with Crippen molar-refractivity contribution in [2.45, 2.75) is 32.1 Å². The standard InChI is InChI=1S/C23H23N3O2/c1-4-16-11-17-8-9-19(12-20(17)26-22(16)28)23(2,14-24)13-15-6-5-7-18(10-15)21(27)25-3/h5-12H,4,13H2,1-3H3,(H,25,27)(H,26,28). The van der Waals surface area contributed by atoms with Crippen molar-refractivity contribution >= 4 is 16.8 Å². The number of hydrogen-bond acceptors (Lipinski definition) is 3. The summed E-state index contributed by atoms with van der Waals surface area (Å²) in [6.45, 7) is 3.82. The van der Waals surface area contributed by atoms with Gasteiger partial charge in [0, 0.05) is 23.7 Å². The topological polar surface area (TPSA) is 85.8 Å². The first-order valence-electron chi connectivity index (χ1n) is 9.29. The van der Waals surface area contributed by atoms with Crippen LogP contribution in [0.15, 0.2) is 53.3 Å². The van der Waals surface area contributed by atoms with Gasteiger partial charge >= 0.3 is 0 Å². The van der Waals surface area contributed by atoms with Gasteiger partial charge in [-0.25, -0.2) is 0 Å². The van der Waals surface area contributed by atoms with E-state index in [0.29, 0.717) is 18.4 Å². The minimum Gasteiger partial charge on any atom is -0.355 e. The predicted octanol–water partition coefficient (Wildman–Crippen LogP) is 3.47. The van der Waals surface area contributed by atoms with Crippen LogP contribution in [-0.2, 0) is 18.3 Å². The van der Waals surface area contributed by atoms with Gasteiger partial charge in [0.15, 0.2) is 0 Å². The van der Waals surface area contributed by atoms with Crippen LogP contribution in [0.1, 0.15) is 40.9 Å². The summed E-state index contributed by atoms with van der Waals surface area (Å²) in [5.41, 5.74) is 2.87. The first kappa shape index (κ1) is 19.4. The number of rotatable bonds is 5. The molecule has 1 unspecified atom stereocenters. The highest BCUT2D eigenvalue weighted by molar-refractivity contribution is 5.94. The minimum atomic E-state index is -0.796. The molecular weight excluding hydrogens is 350 g/mol. The van der Waals surface area contributed by atoms with Crippen LogP contribution in [0.3, 0.4) is 0 Å². The maximum atomic E-state index is 12.2. The lowest BCUT2D eigenvalue weighted by Crippen LogP contribution is -2.24. The van der Waals surface area contributed by atoms with E-state index in [9.17, 15) is 14.9 Å². The van der Waals surface area contributed by atoms with E-state index in [2.05, 4.69) is 16.4 Å². The summed E-state index contributed by atoms with van der Waals surface area (Å²) in [5, 5.41) is 13.5. The molecule has 0 aliphatic heterocycles. The minimum absolute atomic E-state index is 0.0934. The fraction of sp³-hybridized carbons (Fsp3) is 0.261. The normalized spacial score (nSPS) is 12.9. The predicted molar refractivity (Wildman–Crippen MR) is 110 cm³/mol. The molecule has 0 saturated carbocycles. The molecule has 0 aliphatic rings. The molecule has 0 saturated heterocycles. The number of fused-ring (bicyclic) bond motifs is 1. The zero-order valence-electron chi connectivity index (χ0n) is 16.3. The maximum Gasteiger partial charge on any atom is 0.251 e. The summed E-state index contributed by atoms with van der Waals surface area (Å²) < 4.78 is 0. The number of amides is 1. The van der Waals surface area contributed by atoms with Crippen LogP contribution < -0.4 is 10.9 Å². The van der Waals surface area contributed by atoms with Gasteiger partial charge in [-0.1, -0.05) is 31.2 Å². The largest absolute Gasteiger partial charge is 0.355 e. The number of aromatic amines is 1. The highest BCUT2D eigenvalue weighted by Gasteiger charge is 2.27. The number of nitrogens with one attached hydrogen (secondary N) is 2. The summed E-state index contributed by atoms with van der Waals surface area (Å²) >= 11 is 0. The van der Waals surface area contributed by atoms with Crippen LogP contribution in [0.5, 0.6) is 0 Å². The van der Waals surface area contributed by atoms with Crippen LogP contribution in [0.4, 0.5) is 0 Å². The van der Waals surface area contributed by atoms with Gasteiger partial charge < -0.3 is 10.3 Å². The summed E-state index contributed by atoms with van der Waals surface area (Å²) in [6, 6.07) is 17.4. The number of pyridine rings is 1. The molecule has 0 aliphatic carbocycles. The third kappa shape index (κ3) is 3.67. The molecule has 0 spiro atoms. The Balaban J connectivity index is 2.01. The Kier molecular flexibility index (Phi) is 5.32. The van der Waals surface area contributed by atoms with Crippen molar-refractivity contribution in [3.8, 4) is 6.07 Å². The van der Waals surface area contributed by atoms with Gasteiger partial charge in [0.05, 0.1) is 11.5 Å². The van der Waals surface area contributed by atoms with Crippen molar-refractivity contribution < 1.29 is 4.79 Å². The molecule has 5 nitrogen and oxygen atoms in total. The Bertz CT molecular complexity index is 1140. The molecule has 142 valence electrons. The van der Waals surface area contributed by atoms with Crippen molar-refractivity contribution in [3.63, 3.8) is 0 Å². The fourth-order valence-electron chi connectivity index (χ4n) is 3.43. The number of carbonyl (C=O) groups is 1. The molecule has 1 heterocycles. The number of hydrogen-bond donors (Lipinski definition) is 2. The molecule has 0 fully saturated rings. The highest BCUT2D eigenvalue weighted by Crippen LogP contribution is 2.30. The Morgan fingerprint density at radius 2 is 2.00 bits per heavy atom. The first-order valence-corrected chi connectivity index (χ1v) is 9.29. The van der Waals surface area contributed by atoms with Gasteiger partial charge in [0.1, 0.15) is 0 Å². The molecule has 1 amide bonds. The molecule has 2 N–H and O–H groups in total. The van der Waals surface area contributed by atoms with Crippen molar-refractivity contribution in [2.75, 3.05) is 7.05 Å². The molecule has 0 radical (unpaired) electrons. The molecule has 3 aromatic rings. The van der Waals surface area contributed by atoms with Gasteiger partial charge in [0.2, 0.25) is 0 Å². The molecule has 1 atom stereocenters. The Morgan fingerprint density at radius 3 is 2.68 bits per heavy atom. The van der Waals surface area contributed by atoms with E-state index >= 15 is 0 Å². The second kappa shape index (κ2) is 7.69. The van der Waals surface area contributed by atoms with E-state index in [1.54, 1.807) is 13.1 Å². The van der Waals surface area contributed by atoms with E-state index in [1.165, 1.54) is 0 Å². The van der Waals surface area contributed by atoms with Crippen LogP contribution >= 0.6 is 0 Å². The lowest BCUT2D eigenvalue weighted by atomic mass is 9.78. The number of H-pyrrole nitrogens is 1. The average molecular weight is 373 g/mol. The van der Waals surface area contributed by atoms with Gasteiger partial charge in [-0.05, 0) is 60.5 Å². The van der Waals surface area contributed by atoms with E-state index in [1.807, 2.05) is 56.3 Å². The number of aromatic nitrogens is 1. The molecule has 2 aromatic carbocycles. The van der Waals surface area contributed by atoms with Crippen molar-refractivity contribution in [1.29, 1.82) is 5.26 Å². The molecule has 3 rings (SSSR count). The van der Waals surface area contributed by atoms with Crippen molar-refractivity contribution in [1.82, 2.24) is 10.3 Å². The molecular formula is C23H23N3O2. The highest BCUT2D eigenvalue weighted by atomic mass is 16.1. The second-order valence-electron chi connectivity index (χ2n) is 7.18. The van der Waals surface area contributed by atoms with Gasteiger partial charge in [0.25, 0.3) is 11.5 Å². The van der Waals surface area contributed by atoms with Gasteiger partial charge in [-0.15, -0.1) is 0 Å². The van der Waals surface area contributed by atoms with E-state index in [0.717, 1.165) is 27.6 Å². The third-order valence-corrected chi connectivity index (χ3v) is 5.16. The Labute approximate surface area is 164 Å². The zero-order chi connectivity index (χ0) is 20.3. The van der Waals surface area contributed by atoms with Crippen molar-refractivity contribution in [3.05, 3.63) is 81.1 Å². The lowest BCUT2D eigenvalue weighted by Gasteiger charge is -2.23. The smallest absolute Gasteiger partial charge is 0.251 e. The van der Waals surface area contributed by atoms with Gasteiger partial charge in [-0.3, -0.25) is 9.59 Å². The maximum absolute atomic E-state index is 12.2. The molecule has 0 bridgehead atoms. The average Bonchev–Trinajstić information content (AvgIpc) is 2.72. The SMILES string of the molecule is CCc1cc2ccc(C(C)(C#N)Cc3cccc(C(=O)NC)c3)cc2[nH]c1=O. The van der Waals surface area contributed by atoms with E-state index < -0.39 is 5.41 Å². The van der Waals surface area contributed by atoms with E-state index in [-0.39, 0.29) is 11.5 Å². The molecule has 28 heavy (non-hydrogen) atoms. The number of benzene rings is 2. The summed E-state index contributed by atoms with van der Waals surface area (Å²) in [7, 11) is 1.59. The fourth-order valence-corrected chi connectivity index (χ4v) is 3.43. The number of aryl methyl sites for hydroxylation is 1. The third-order valence-electron chi connectivity index (χ3n) is 5.16. The Hall–Kier alpha value is -3.39. The summed E-state index contributed by atoms with van der Waals surface area (Å²) in [5.74, 6) is -0.157. The molecule has 5 heteroatoms. The lowest BCUT2D eigenvalue weighted by molar-refractivity contribution is 0.0963. The number of carbonyl (C=O) groups excluding carboxylic acids is 1. The molecule has 1 aromatic heterocycles. The quantitative estimate of drug-likeness (QED) is 0.718. The summed E-state index contributed by atoms with van der Waals surface area (Å²) in [4.78, 5) is 27.0. The summed E-state index contributed by atoms with van der Waals surface area (Å²) in [6.07, 6.45) is 1.13. The number of nitriles is 1. The van der Waals surface area contributed by atoms with Crippen LogP contribution in [0.2, 0.25) is 0 Å². The monoisotopic (exact) mass is 373 g/mol. The second-order valence-corrected chi connectivity index (χ2v) is 7.18. The van der Waals surface area contributed by atoms with Crippen LogP contribution in [-0.4, -0.2) is 17.9 Å². The van der Waals surface area contributed by atoms with Crippen LogP contribution in [0.25, 0.3) is 10.9 Å².